The molecule has 1 aromatic rings. The molecule has 2 unspecified atom stereocenters. The SMILES string of the molecule is CCNC(c1c(C)cc(C)cc1OC)C(OCC)C(C)C. The van der Waals surface area contributed by atoms with Crippen LogP contribution in [0.5, 0.6) is 5.75 Å². The Labute approximate surface area is 130 Å². The molecule has 1 N–H and O–H groups in total. The number of aryl methyl sites for hydroxylation is 2. The number of likely N-dealkylation sites (N-methyl/N-ethyl adjacent to an activating group) is 1. The molecule has 0 saturated carbocycles. The summed E-state index contributed by atoms with van der Waals surface area (Å²) >= 11 is 0. The molecule has 3 heteroatoms. The van der Waals surface area contributed by atoms with E-state index in [-0.39, 0.29) is 12.1 Å². The second kappa shape index (κ2) is 8.40. The summed E-state index contributed by atoms with van der Waals surface area (Å²) in [5.41, 5.74) is 3.70. The van der Waals surface area contributed by atoms with E-state index in [0.29, 0.717) is 5.92 Å². The van der Waals surface area contributed by atoms with Crippen LogP contribution in [-0.2, 0) is 4.74 Å². The van der Waals surface area contributed by atoms with Crippen LogP contribution in [0.3, 0.4) is 0 Å². The average molecular weight is 293 g/mol. The number of hydrogen-bond donors (Lipinski definition) is 1. The van der Waals surface area contributed by atoms with Crippen LogP contribution < -0.4 is 10.1 Å². The molecule has 0 saturated heterocycles. The highest BCUT2D eigenvalue weighted by molar-refractivity contribution is 5.45. The zero-order valence-electron chi connectivity index (χ0n) is 14.6. The van der Waals surface area contributed by atoms with E-state index >= 15 is 0 Å². The third-order valence-corrected chi connectivity index (χ3v) is 3.79. The van der Waals surface area contributed by atoms with Crippen molar-refractivity contribution in [3.05, 3.63) is 28.8 Å². The third-order valence-electron chi connectivity index (χ3n) is 3.79. The summed E-state index contributed by atoms with van der Waals surface area (Å²) in [5.74, 6) is 1.38. The maximum atomic E-state index is 6.04. The van der Waals surface area contributed by atoms with Gasteiger partial charge in [0.2, 0.25) is 0 Å². The summed E-state index contributed by atoms with van der Waals surface area (Å²) in [4.78, 5) is 0. The van der Waals surface area contributed by atoms with Gasteiger partial charge in [0.1, 0.15) is 5.75 Å². The Morgan fingerprint density at radius 2 is 1.81 bits per heavy atom. The van der Waals surface area contributed by atoms with Crippen LogP contribution in [0, 0.1) is 19.8 Å². The monoisotopic (exact) mass is 293 g/mol. The van der Waals surface area contributed by atoms with Gasteiger partial charge in [-0.15, -0.1) is 0 Å². The highest BCUT2D eigenvalue weighted by Crippen LogP contribution is 2.35. The van der Waals surface area contributed by atoms with E-state index in [1.54, 1.807) is 7.11 Å². The van der Waals surface area contributed by atoms with E-state index in [4.69, 9.17) is 9.47 Å². The molecule has 3 nitrogen and oxygen atoms in total. The Balaban J connectivity index is 3.33. The van der Waals surface area contributed by atoms with Crippen LogP contribution in [0.2, 0.25) is 0 Å². The fourth-order valence-electron chi connectivity index (χ4n) is 2.98. The van der Waals surface area contributed by atoms with E-state index in [1.165, 1.54) is 16.7 Å². The molecule has 21 heavy (non-hydrogen) atoms. The molecule has 0 amide bonds. The van der Waals surface area contributed by atoms with Gasteiger partial charge in [0.05, 0.1) is 19.3 Å². The number of nitrogens with one attached hydrogen (secondary N) is 1. The summed E-state index contributed by atoms with van der Waals surface area (Å²) in [6.07, 6.45) is 0.130. The largest absolute Gasteiger partial charge is 0.496 e. The molecule has 1 aromatic carbocycles. The van der Waals surface area contributed by atoms with Gasteiger partial charge in [0.25, 0.3) is 0 Å². The van der Waals surface area contributed by atoms with Crippen LogP contribution in [0.25, 0.3) is 0 Å². The minimum atomic E-state index is 0.130. The highest BCUT2D eigenvalue weighted by atomic mass is 16.5. The first-order valence-electron chi connectivity index (χ1n) is 7.96. The van der Waals surface area contributed by atoms with Gasteiger partial charge in [0, 0.05) is 12.2 Å². The lowest BCUT2D eigenvalue weighted by atomic mass is 9.89. The average Bonchev–Trinajstić information content (AvgIpc) is 2.42. The van der Waals surface area contributed by atoms with E-state index < -0.39 is 0 Å². The van der Waals surface area contributed by atoms with Gasteiger partial charge in [-0.05, 0) is 50.4 Å². The van der Waals surface area contributed by atoms with Crippen LogP contribution >= 0.6 is 0 Å². The first kappa shape index (κ1) is 18.0. The molecular weight excluding hydrogens is 262 g/mol. The molecule has 0 spiro atoms. The Bertz CT molecular complexity index is 443. The van der Waals surface area contributed by atoms with Crippen molar-refractivity contribution in [2.24, 2.45) is 5.92 Å². The van der Waals surface area contributed by atoms with Crippen LogP contribution in [0.15, 0.2) is 12.1 Å². The standard InChI is InChI=1S/C18H31NO2/c1-8-19-17(18(12(3)4)21-9-2)16-14(6)10-13(5)11-15(16)20-7/h10-12,17-19H,8-9H2,1-7H3. The molecular formula is C18H31NO2. The fourth-order valence-corrected chi connectivity index (χ4v) is 2.98. The van der Waals surface area contributed by atoms with Gasteiger partial charge in [-0.3, -0.25) is 0 Å². The van der Waals surface area contributed by atoms with E-state index in [0.717, 1.165) is 18.9 Å². The molecule has 120 valence electrons. The Kier molecular flexibility index (Phi) is 7.20. The number of rotatable bonds is 8. The maximum Gasteiger partial charge on any atom is 0.124 e. The van der Waals surface area contributed by atoms with Gasteiger partial charge in [-0.25, -0.2) is 0 Å². The molecule has 0 radical (unpaired) electrons. The smallest absolute Gasteiger partial charge is 0.124 e. The lowest BCUT2D eigenvalue weighted by Crippen LogP contribution is -2.38. The van der Waals surface area contributed by atoms with Crippen molar-refractivity contribution in [2.75, 3.05) is 20.3 Å². The summed E-state index contributed by atoms with van der Waals surface area (Å²) in [7, 11) is 1.74. The molecule has 0 fully saturated rings. The molecule has 0 aromatic heterocycles. The number of ether oxygens (including phenoxy) is 2. The summed E-state index contributed by atoms with van der Waals surface area (Å²) < 4.78 is 11.7. The van der Waals surface area contributed by atoms with E-state index in [9.17, 15) is 0 Å². The van der Waals surface area contributed by atoms with Crippen molar-refractivity contribution in [3.8, 4) is 5.75 Å². The van der Waals surface area contributed by atoms with Gasteiger partial charge < -0.3 is 14.8 Å². The van der Waals surface area contributed by atoms with Gasteiger partial charge in [-0.2, -0.15) is 0 Å². The van der Waals surface area contributed by atoms with Crippen molar-refractivity contribution < 1.29 is 9.47 Å². The van der Waals surface area contributed by atoms with Crippen molar-refractivity contribution in [1.82, 2.24) is 5.32 Å². The lowest BCUT2D eigenvalue weighted by Gasteiger charge is -2.33. The fraction of sp³-hybridized carbons (Fsp3) is 0.667. The molecule has 0 aliphatic heterocycles. The van der Waals surface area contributed by atoms with Crippen LogP contribution in [-0.4, -0.2) is 26.4 Å². The van der Waals surface area contributed by atoms with Crippen LogP contribution in [0.1, 0.15) is 50.4 Å². The molecule has 0 aliphatic rings. The Hall–Kier alpha value is -1.06. The predicted octanol–water partition coefficient (Wildman–Crippen LogP) is 4.02. The van der Waals surface area contributed by atoms with Crippen molar-refractivity contribution in [2.45, 2.75) is 53.7 Å². The summed E-state index contributed by atoms with van der Waals surface area (Å²) in [6, 6.07) is 4.46. The second-order valence-corrected chi connectivity index (χ2v) is 5.90. The van der Waals surface area contributed by atoms with Gasteiger partial charge in [-0.1, -0.05) is 26.8 Å². The molecule has 0 bridgehead atoms. The van der Waals surface area contributed by atoms with Gasteiger partial charge in [0.15, 0.2) is 0 Å². The maximum absolute atomic E-state index is 6.04. The third kappa shape index (κ3) is 4.45. The van der Waals surface area contributed by atoms with Crippen LogP contribution in [0.4, 0.5) is 0 Å². The summed E-state index contributed by atoms with van der Waals surface area (Å²) in [6.45, 7) is 14.5. The highest BCUT2D eigenvalue weighted by Gasteiger charge is 2.29. The molecule has 2 atom stereocenters. The first-order valence-corrected chi connectivity index (χ1v) is 7.96. The van der Waals surface area contributed by atoms with E-state index in [2.05, 4.69) is 59.0 Å². The quantitative estimate of drug-likeness (QED) is 0.785. The van der Waals surface area contributed by atoms with E-state index in [1.807, 2.05) is 0 Å². The molecule has 0 aliphatic carbocycles. The lowest BCUT2D eigenvalue weighted by molar-refractivity contribution is 0.00251. The normalized spacial score (nSPS) is 14.3. The number of hydrogen-bond acceptors (Lipinski definition) is 3. The summed E-state index contributed by atoms with van der Waals surface area (Å²) in [5, 5.41) is 3.60. The zero-order valence-corrected chi connectivity index (χ0v) is 14.6. The number of methoxy groups -OCH3 is 1. The zero-order chi connectivity index (χ0) is 16.0. The molecule has 0 heterocycles. The first-order chi connectivity index (χ1) is 9.96. The second-order valence-electron chi connectivity index (χ2n) is 5.90. The Morgan fingerprint density at radius 3 is 2.29 bits per heavy atom. The van der Waals surface area contributed by atoms with Crippen molar-refractivity contribution >= 4 is 0 Å². The van der Waals surface area contributed by atoms with Crippen molar-refractivity contribution in [1.29, 1.82) is 0 Å². The topological polar surface area (TPSA) is 30.5 Å². The Morgan fingerprint density at radius 1 is 1.14 bits per heavy atom. The minimum Gasteiger partial charge on any atom is -0.496 e. The van der Waals surface area contributed by atoms with Crippen molar-refractivity contribution in [3.63, 3.8) is 0 Å². The molecule has 1 rings (SSSR count). The van der Waals surface area contributed by atoms with Gasteiger partial charge >= 0.3 is 0 Å². The minimum absolute atomic E-state index is 0.130. The predicted molar refractivity (Wildman–Crippen MR) is 89.1 cm³/mol. The number of benzene rings is 1.